The van der Waals surface area contributed by atoms with Crippen molar-refractivity contribution < 1.29 is 4.79 Å². The van der Waals surface area contributed by atoms with Crippen molar-refractivity contribution in [2.75, 3.05) is 44.2 Å². The maximum Gasteiger partial charge on any atom is 0.226 e. The fraction of sp³-hybridized carbons (Fsp3) is 0.682. The molecule has 0 spiro atoms. The molecule has 1 N–H and O–H groups in total. The molecule has 27 heavy (non-hydrogen) atoms. The molecule has 146 valence electrons. The molecule has 2 unspecified atom stereocenters. The van der Waals surface area contributed by atoms with Crippen LogP contribution < -0.4 is 10.2 Å². The lowest BCUT2D eigenvalue weighted by atomic mass is 9.75. The number of rotatable bonds is 5. The van der Waals surface area contributed by atoms with Crippen LogP contribution in [0, 0.1) is 23.2 Å². The molecule has 1 aromatic rings. The Bertz CT molecular complexity index is 701. The van der Waals surface area contributed by atoms with E-state index in [4.69, 9.17) is 11.6 Å². The van der Waals surface area contributed by atoms with Gasteiger partial charge in [-0.15, -0.1) is 0 Å². The Morgan fingerprint density at radius 1 is 1.07 bits per heavy atom. The minimum Gasteiger partial charge on any atom is -0.368 e. The summed E-state index contributed by atoms with van der Waals surface area (Å²) in [5, 5.41) is 4.14. The average Bonchev–Trinajstić information content (AvgIpc) is 3.08. The monoisotopic (exact) mass is 387 g/mol. The summed E-state index contributed by atoms with van der Waals surface area (Å²) in [5.74, 6) is 2.73. The Kier molecular flexibility index (Phi) is 4.60. The third kappa shape index (κ3) is 3.15. The third-order valence-corrected chi connectivity index (χ3v) is 8.04. The van der Waals surface area contributed by atoms with E-state index < -0.39 is 0 Å². The fourth-order valence-electron chi connectivity index (χ4n) is 6.59. The van der Waals surface area contributed by atoms with Crippen LogP contribution in [0.5, 0.6) is 0 Å². The molecular formula is C22H30ClN3O. The molecule has 4 bridgehead atoms. The summed E-state index contributed by atoms with van der Waals surface area (Å²) < 4.78 is 0. The second kappa shape index (κ2) is 6.97. The number of para-hydroxylation sites is 1. The van der Waals surface area contributed by atoms with Crippen molar-refractivity contribution in [1.29, 1.82) is 0 Å². The molecule has 5 heteroatoms. The molecule has 1 heterocycles. The molecule has 4 aliphatic carbocycles. The minimum absolute atomic E-state index is 0.0103. The van der Waals surface area contributed by atoms with Crippen LogP contribution in [0.4, 0.5) is 5.69 Å². The van der Waals surface area contributed by atoms with Gasteiger partial charge in [-0.25, -0.2) is 0 Å². The Labute approximate surface area is 167 Å². The molecule has 6 rings (SSSR count). The number of amides is 1. The Balaban J connectivity index is 1.09. The Morgan fingerprint density at radius 3 is 2.48 bits per heavy atom. The van der Waals surface area contributed by atoms with Crippen LogP contribution in [0.3, 0.4) is 0 Å². The van der Waals surface area contributed by atoms with Gasteiger partial charge in [0.25, 0.3) is 0 Å². The molecule has 1 aliphatic heterocycles. The summed E-state index contributed by atoms with van der Waals surface area (Å²) in [6, 6.07) is 8.09. The topological polar surface area (TPSA) is 35.6 Å². The number of anilines is 1. The van der Waals surface area contributed by atoms with E-state index in [9.17, 15) is 4.79 Å². The summed E-state index contributed by atoms with van der Waals surface area (Å²) in [5.41, 5.74) is 1.15. The first-order valence-corrected chi connectivity index (χ1v) is 11.0. The molecule has 0 radical (unpaired) electrons. The second-order valence-corrected chi connectivity index (χ2v) is 9.64. The fourth-order valence-corrected chi connectivity index (χ4v) is 6.85. The number of carbonyl (C=O) groups excluding carboxylic acids is 1. The molecule has 1 amide bonds. The van der Waals surface area contributed by atoms with Crippen LogP contribution in [-0.2, 0) is 4.79 Å². The first kappa shape index (κ1) is 17.8. The summed E-state index contributed by atoms with van der Waals surface area (Å²) in [7, 11) is 0. The van der Waals surface area contributed by atoms with Gasteiger partial charge in [0, 0.05) is 39.3 Å². The third-order valence-electron chi connectivity index (χ3n) is 7.72. The number of halogens is 1. The van der Waals surface area contributed by atoms with Gasteiger partial charge >= 0.3 is 0 Å². The maximum absolute atomic E-state index is 13.0. The zero-order valence-electron chi connectivity index (χ0n) is 16.0. The lowest BCUT2D eigenvalue weighted by Gasteiger charge is -2.37. The molecule has 1 saturated heterocycles. The van der Waals surface area contributed by atoms with E-state index >= 15 is 0 Å². The maximum atomic E-state index is 13.0. The van der Waals surface area contributed by atoms with Gasteiger partial charge in [0.2, 0.25) is 5.91 Å². The number of hydrogen-bond donors (Lipinski definition) is 1. The Morgan fingerprint density at radius 2 is 1.78 bits per heavy atom. The molecule has 4 saturated carbocycles. The van der Waals surface area contributed by atoms with Crippen molar-refractivity contribution in [3.63, 3.8) is 0 Å². The molecule has 5 aliphatic rings. The summed E-state index contributed by atoms with van der Waals surface area (Å²) in [6.45, 7) is 5.78. The quantitative estimate of drug-likeness (QED) is 0.841. The van der Waals surface area contributed by atoms with Crippen LogP contribution in [0.1, 0.15) is 32.1 Å². The Hall–Kier alpha value is -1.26. The molecule has 1 aromatic carbocycles. The normalized spacial score (nSPS) is 35.0. The highest BCUT2D eigenvalue weighted by molar-refractivity contribution is 6.33. The lowest BCUT2D eigenvalue weighted by Crippen LogP contribution is -2.50. The van der Waals surface area contributed by atoms with Gasteiger partial charge in [-0.05, 0) is 62.0 Å². The number of carbonyl (C=O) groups is 1. The smallest absolute Gasteiger partial charge is 0.226 e. The predicted octanol–water partition coefficient (Wildman–Crippen LogP) is 3.40. The van der Waals surface area contributed by atoms with E-state index in [1.165, 1.54) is 19.3 Å². The van der Waals surface area contributed by atoms with Crippen molar-refractivity contribution in [3.05, 3.63) is 29.3 Å². The lowest BCUT2D eigenvalue weighted by molar-refractivity contribution is -0.132. The summed E-state index contributed by atoms with van der Waals surface area (Å²) in [4.78, 5) is 17.8. The zero-order chi connectivity index (χ0) is 18.4. The average molecular weight is 388 g/mol. The predicted molar refractivity (Wildman–Crippen MR) is 109 cm³/mol. The van der Waals surface area contributed by atoms with Crippen LogP contribution in [0.25, 0.3) is 0 Å². The zero-order valence-corrected chi connectivity index (χ0v) is 16.8. The van der Waals surface area contributed by atoms with Crippen molar-refractivity contribution in [2.45, 2.75) is 32.1 Å². The van der Waals surface area contributed by atoms with E-state index in [-0.39, 0.29) is 5.41 Å². The highest BCUT2D eigenvalue weighted by Crippen LogP contribution is 2.65. The molecule has 4 nitrogen and oxygen atoms in total. The number of hydrogen-bond acceptors (Lipinski definition) is 3. The molecule has 5 fully saturated rings. The van der Waals surface area contributed by atoms with E-state index in [0.717, 1.165) is 74.7 Å². The van der Waals surface area contributed by atoms with Gasteiger partial charge in [0.05, 0.1) is 16.1 Å². The van der Waals surface area contributed by atoms with Crippen molar-refractivity contribution in [3.8, 4) is 0 Å². The molecular weight excluding hydrogens is 358 g/mol. The van der Waals surface area contributed by atoms with Crippen LogP contribution in [0.2, 0.25) is 5.02 Å². The summed E-state index contributed by atoms with van der Waals surface area (Å²) >= 11 is 6.33. The summed E-state index contributed by atoms with van der Waals surface area (Å²) in [6.07, 6.45) is 6.34. The largest absolute Gasteiger partial charge is 0.368 e. The highest BCUT2D eigenvalue weighted by Gasteiger charge is 2.61. The van der Waals surface area contributed by atoms with Gasteiger partial charge in [-0.2, -0.15) is 0 Å². The number of nitrogens with zero attached hydrogens (tertiary/aromatic N) is 2. The van der Waals surface area contributed by atoms with Gasteiger partial charge in [-0.3, -0.25) is 9.69 Å². The van der Waals surface area contributed by atoms with Crippen LogP contribution in [-0.4, -0.2) is 50.1 Å². The SMILES string of the molecule is O=C(NCCN1CCN(c2ccccc2Cl)CC1)C12CC3CC(CC1C3)C2. The molecule has 2 atom stereocenters. The van der Waals surface area contributed by atoms with Crippen molar-refractivity contribution >= 4 is 23.2 Å². The van der Waals surface area contributed by atoms with Gasteiger partial charge in [0.1, 0.15) is 0 Å². The van der Waals surface area contributed by atoms with E-state index in [1.807, 2.05) is 18.2 Å². The van der Waals surface area contributed by atoms with E-state index in [0.29, 0.717) is 11.8 Å². The minimum atomic E-state index is 0.0103. The van der Waals surface area contributed by atoms with E-state index in [2.05, 4.69) is 21.2 Å². The molecule has 0 aromatic heterocycles. The van der Waals surface area contributed by atoms with Gasteiger partial charge in [0.15, 0.2) is 0 Å². The second-order valence-electron chi connectivity index (χ2n) is 9.24. The van der Waals surface area contributed by atoms with Crippen molar-refractivity contribution in [1.82, 2.24) is 10.2 Å². The van der Waals surface area contributed by atoms with Gasteiger partial charge in [-0.1, -0.05) is 23.7 Å². The first-order valence-electron chi connectivity index (χ1n) is 10.6. The van der Waals surface area contributed by atoms with Gasteiger partial charge < -0.3 is 10.2 Å². The first-order chi connectivity index (χ1) is 13.1. The van der Waals surface area contributed by atoms with Crippen LogP contribution >= 0.6 is 11.6 Å². The van der Waals surface area contributed by atoms with Crippen molar-refractivity contribution in [2.24, 2.45) is 23.2 Å². The number of nitrogens with one attached hydrogen (secondary N) is 1. The standard InChI is InChI=1S/C22H30ClN3O/c23-19-3-1-2-4-20(19)26-9-7-25(8-10-26)6-5-24-21(27)22-14-16-11-17(15-22)13-18(22)12-16/h1-4,16-18H,5-15H2,(H,24,27). The van der Waals surface area contributed by atoms with Crippen LogP contribution in [0.15, 0.2) is 24.3 Å². The number of benzene rings is 1. The highest BCUT2D eigenvalue weighted by atomic mass is 35.5. The number of piperazine rings is 1. The van der Waals surface area contributed by atoms with E-state index in [1.54, 1.807) is 0 Å².